The number of nitrogens with zero attached hydrogens (tertiary/aromatic N) is 1. The van der Waals surface area contributed by atoms with Crippen molar-refractivity contribution in [1.82, 2.24) is 0 Å². The molecule has 22 heavy (non-hydrogen) atoms. The molecule has 0 aliphatic heterocycles. The first-order valence-electron chi connectivity index (χ1n) is 6.28. The summed E-state index contributed by atoms with van der Waals surface area (Å²) in [6.45, 7) is 1.73. The summed E-state index contributed by atoms with van der Waals surface area (Å²) in [4.78, 5) is 33.4. The molecule has 2 aromatic rings. The Morgan fingerprint density at radius 1 is 1.18 bits per heavy atom. The molecule has 2 N–H and O–H groups in total. The van der Waals surface area contributed by atoms with Gasteiger partial charge in [0.15, 0.2) is 0 Å². The van der Waals surface area contributed by atoms with Crippen LogP contribution in [0.2, 0.25) is 0 Å². The largest absolute Gasteiger partial charge is 0.478 e. The van der Waals surface area contributed by atoms with Crippen molar-refractivity contribution in [2.45, 2.75) is 6.92 Å². The molecule has 0 aliphatic carbocycles. The van der Waals surface area contributed by atoms with E-state index in [1.165, 1.54) is 30.3 Å². The monoisotopic (exact) mass is 300 g/mol. The number of non-ortho nitro benzene ring substituents is 1. The second-order valence-corrected chi connectivity index (χ2v) is 4.62. The van der Waals surface area contributed by atoms with E-state index in [1.54, 1.807) is 13.0 Å². The van der Waals surface area contributed by atoms with E-state index in [1.807, 2.05) is 0 Å². The second-order valence-electron chi connectivity index (χ2n) is 4.62. The molecule has 0 saturated carbocycles. The molecule has 1 amide bonds. The minimum Gasteiger partial charge on any atom is -0.478 e. The molecule has 0 unspecified atom stereocenters. The van der Waals surface area contributed by atoms with Gasteiger partial charge in [0.25, 0.3) is 11.6 Å². The van der Waals surface area contributed by atoms with Crippen LogP contribution in [0, 0.1) is 17.0 Å². The fourth-order valence-electron chi connectivity index (χ4n) is 1.90. The van der Waals surface area contributed by atoms with Crippen molar-refractivity contribution in [1.29, 1.82) is 0 Å². The normalized spacial score (nSPS) is 10.0. The number of carboxylic acids is 1. The molecule has 112 valence electrons. The lowest BCUT2D eigenvalue weighted by molar-refractivity contribution is -0.384. The van der Waals surface area contributed by atoms with Gasteiger partial charge in [-0.25, -0.2) is 4.79 Å². The molecule has 0 heterocycles. The summed E-state index contributed by atoms with van der Waals surface area (Å²) in [6.07, 6.45) is 0. The standard InChI is InChI=1S/C15H12N2O5/c1-9-5-6-13(12(7-9)15(19)20)16-14(18)10-3-2-4-11(8-10)17(21)22/h2-8H,1H3,(H,16,18)(H,19,20). The summed E-state index contributed by atoms with van der Waals surface area (Å²) in [6, 6.07) is 9.78. The number of amides is 1. The van der Waals surface area contributed by atoms with Gasteiger partial charge in [-0.15, -0.1) is 0 Å². The SMILES string of the molecule is Cc1ccc(NC(=O)c2cccc([N+](=O)[O-])c2)c(C(=O)O)c1. The van der Waals surface area contributed by atoms with Crippen LogP contribution in [0.15, 0.2) is 42.5 Å². The van der Waals surface area contributed by atoms with E-state index in [0.717, 1.165) is 11.6 Å². The van der Waals surface area contributed by atoms with Crippen LogP contribution in [0.25, 0.3) is 0 Å². The third kappa shape index (κ3) is 3.26. The van der Waals surface area contributed by atoms with E-state index in [0.29, 0.717) is 0 Å². The van der Waals surface area contributed by atoms with Crippen molar-refractivity contribution in [2.24, 2.45) is 0 Å². The molecule has 0 spiro atoms. The number of carbonyl (C=O) groups excluding carboxylic acids is 1. The molecular weight excluding hydrogens is 288 g/mol. The number of hydrogen-bond acceptors (Lipinski definition) is 4. The van der Waals surface area contributed by atoms with E-state index < -0.39 is 16.8 Å². The third-order valence-corrected chi connectivity index (χ3v) is 2.97. The molecule has 2 aromatic carbocycles. The summed E-state index contributed by atoms with van der Waals surface area (Å²) in [5, 5.41) is 22.3. The van der Waals surface area contributed by atoms with Gasteiger partial charge in [-0.05, 0) is 25.1 Å². The molecule has 0 bridgehead atoms. The fourth-order valence-corrected chi connectivity index (χ4v) is 1.90. The highest BCUT2D eigenvalue weighted by molar-refractivity contribution is 6.08. The number of benzene rings is 2. The van der Waals surface area contributed by atoms with Gasteiger partial charge >= 0.3 is 5.97 Å². The average Bonchev–Trinajstić information content (AvgIpc) is 2.48. The Labute approximate surface area is 125 Å². The van der Waals surface area contributed by atoms with Crippen LogP contribution >= 0.6 is 0 Å². The number of hydrogen-bond donors (Lipinski definition) is 2. The van der Waals surface area contributed by atoms with Gasteiger partial charge in [0.1, 0.15) is 0 Å². The number of rotatable bonds is 4. The van der Waals surface area contributed by atoms with Gasteiger partial charge in [0.05, 0.1) is 16.2 Å². The number of carboxylic acid groups (broad SMARTS) is 1. The Balaban J connectivity index is 2.31. The highest BCUT2D eigenvalue weighted by Gasteiger charge is 2.15. The third-order valence-electron chi connectivity index (χ3n) is 2.97. The Morgan fingerprint density at radius 2 is 1.91 bits per heavy atom. The van der Waals surface area contributed by atoms with Crippen molar-refractivity contribution in [2.75, 3.05) is 5.32 Å². The summed E-state index contributed by atoms with van der Waals surface area (Å²) in [5.74, 6) is -1.78. The zero-order valence-electron chi connectivity index (χ0n) is 11.6. The van der Waals surface area contributed by atoms with Crippen molar-refractivity contribution in [3.05, 3.63) is 69.3 Å². The van der Waals surface area contributed by atoms with Crippen molar-refractivity contribution >= 4 is 23.3 Å². The molecule has 0 aromatic heterocycles. The quantitative estimate of drug-likeness (QED) is 0.666. The molecule has 0 radical (unpaired) electrons. The number of nitrogens with one attached hydrogen (secondary N) is 1. The maximum absolute atomic E-state index is 12.1. The Kier molecular flexibility index (Phi) is 4.17. The number of nitro benzene ring substituents is 1. The highest BCUT2D eigenvalue weighted by Crippen LogP contribution is 2.20. The van der Waals surface area contributed by atoms with Crippen molar-refractivity contribution in [3.8, 4) is 0 Å². The Morgan fingerprint density at radius 3 is 2.55 bits per heavy atom. The van der Waals surface area contributed by atoms with Crippen molar-refractivity contribution < 1.29 is 19.6 Å². The average molecular weight is 300 g/mol. The highest BCUT2D eigenvalue weighted by atomic mass is 16.6. The number of aryl methyl sites for hydroxylation is 1. The maximum Gasteiger partial charge on any atom is 0.337 e. The van der Waals surface area contributed by atoms with Crippen LogP contribution in [0.5, 0.6) is 0 Å². The summed E-state index contributed by atoms with van der Waals surface area (Å²) in [7, 11) is 0. The number of anilines is 1. The van der Waals surface area contributed by atoms with Crippen LogP contribution in [-0.2, 0) is 0 Å². The summed E-state index contributed by atoms with van der Waals surface area (Å²) < 4.78 is 0. The Hall–Kier alpha value is -3.22. The minimum atomic E-state index is -1.17. The first kappa shape index (κ1) is 15.2. The molecule has 7 heteroatoms. The number of carbonyl (C=O) groups is 2. The topological polar surface area (TPSA) is 110 Å². The smallest absolute Gasteiger partial charge is 0.337 e. The molecule has 2 rings (SSSR count). The predicted molar refractivity (Wildman–Crippen MR) is 79.2 cm³/mol. The zero-order chi connectivity index (χ0) is 16.3. The number of nitro groups is 1. The van der Waals surface area contributed by atoms with Crippen LogP contribution in [0.4, 0.5) is 11.4 Å². The van der Waals surface area contributed by atoms with Crippen LogP contribution < -0.4 is 5.32 Å². The lowest BCUT2D eigenvalue weighted by atomic mass is 10.1. The molecule has 7 nitrogen and oxygen atoms in total. The van der Waals surface area contributed by atoms with E-state index >= 15 is 0 Å². The van der Waals surface area contributed by atoms with E-state index in [9.17, 15) is 19.7 Å². The van der Waals surface area contributed by atoms with E-state index in [4.69, 9.17) is 5.11 Å². The first-order chi connectivity index (χ1) is 10.4. The lowest BCUT2D eigenvalue weighted by Gasteiger charge is -2.09. The predicted octanol–water partition coefficient (Wildman–Crippen LogP) is 2.85. The van der Waals surface area contributed by atoms with Crippen molar-refractivity contribution in [3.63, 3.8) is 0 Å². The van der Waals surface area contributed by atoms with Gasteiger partial charge in [0.2, 0.25) is 0 Å². The maximum atomic E-state index is 12.1. The van der Waals surface area contributed by atoms with Crippen LogP contribution in [-0.4, -0.2) is 21.9 Å². The molecule has 0 saturated heterocycles. The molecule has 0 aliphatic rings. The van der Waals surface area contributed by atoms with Gasteiger partial charge in [0, 0.05) is 17.7 Å². The van der Waals surface area contributed by atoms with E-state index in [2.05, 4.69) is 5.32 Å². The molecule has 0 atom stereocenters. The van der Waals surface area contributed by atoms with Gasteiger partial charge < -0.3 is 10.4 Å². The van der Waals surface area contributed by atoms with Gasteiger partial charge in [-0.3, -0.25) is 14.9 Å². The van der Waals surface area contributed by atoms with Gasteiger partial charge in [-0.1, -0.05) is 17.7 Å². The second kappa shape index (κ2) is 6.04. The zero-order valence-corrected chi connectivity index (χ0v) is 11.6. The molecular formula is C15H12N2O5. The summed E-state index contributed by atoms with van der Waals surface area (Å²) >= 11 is 0. The molecule has 0 fully saturated rings. The minimum absolute atomic E-state index is 0.0428. The van der Waals surface area contributed by atoms with Gasteiger partial charge in [-0.2, -0.15) is 0 Å². The number of aromatic carboxylic acids is 1. The fraction of sp³-hybridized carbons (Fsp3) is 0.0667. The first-order valence-corrected chi connectivity index (χ1v) is 6.28. The van der Waals surface area contributed by atoms with Crippen LogP contribution in [0.1, 0.15) is 26.3 Å². The Bertz CT molecular complexity index is 770. The van der Waals surface area contributed by atoms with Crippen LogP contribution in [0.3, 0.4) is 0 Å². The van der Waals surface area contributed by atoms with E-state index in [-0.39, 0.29) is 22.5 Å². The summed E-state index contributed by atoms with van der Waals surface area (Å²) in [5.41, 5.74) is 0.695. The lowest BCUT2D eigenvalue weighted by Crippen LogP contribution is -2.15.